The fourth-order valence-electron chi connectivity index (χ4n) is 1.46. The molecule has 2 aromatic rings. The molecule has 4 nitrogen and oxygen atoms in total. The van der Waals surface area contributed by atoms with Gasteiger partial charge in [-0.1, -0.05) is 18.2 Å². The van der Waals surface area contributed by atoms with Crippen LogP contribution in [0.4, 0.5) is 5.82 Å². The first-order chi connectivity index (χ1) is 8.66. The van der Waals surface area contributed by atoms with Crippen LogP contribution in [0.1, 0.15) is 15.9 Å². The molecule has 5 heteroatoms. The summed E-state index contributed by atoms with van der Waals surface area (Å²) in [6.45, 7) is 0.416. The highest BCUT2D eigenvalue weighted by atomic mass is 79.9. The number of aromatic nitrogens is 1. The summed E-state index contributed by atoms with van der Waals surface area (Å²) in [5, 5.41) is 2.82. The normalized spacial score (nSPS) is 10.1. The first kappa shape index (κ1) is 12.6. The van der Waals surface area contributed by atoms with Crippen molar-refractivity contribution in [1.82, 2.24) is 10.3 Å². The third-order valence-electron chi connectivity index (χ3n) is 2.42. The van der Waals surface area contributed by atoms with Gasteiger partial charge in [0.15, 0.2) is 0 Å². The summed E-state index contributed by atoms with van der Waals surface area (Å²) in [6, 6.07) is 10.9. The zero-order valence-corrected chi connectivity index (χ0v) is 11.1. The van der Waals surface area contributed by atoms with Gasteiger partial charge in [0.25, 0.3) is 5.91 Å². The number of nitrogens with zero attached hydrogens (tertiary/aromatic N) is 1. The SMILES string of the molecule is Nc1ncc(CNC(=O)c2ccccc2)cc1Br. The molecule has 0 spiro atoms. The number of amides is 1. The van der Waals surface area contributed by atoms with Gasteiger partial charge >= 0.3 is 0 Å². The van der Waals surface area contributed by atoms with Gasteiger partial charge in [0.1, 0.15) is 5.82 Å². The third-order valence-corrected chi connectivity index (χ3v) is 3.05. The summed E-state index contributed by atoms with van der Waals surface area (Å²) in [4.78, 5) is 15.8. The summed E-state index contributed by atoms with van der Waals surface area (Å²) >= 11 is 3.30. The molecule has 0 radical (unpaired) electrons. The molecule has 0 bridgehead atoms. The minimum Gasteiger partial charge on any atom is -0.383 e. The predicted molar refractivity (Wildman–Crippen MR) is 74.0 cm³/mol. The van der Waals surface area contributed by atoms with Gasteiger partial charge in [-0.2, -0.15) is 0 Å². The lowest BCUT2D eigenvalue weighted by molar-refractivity contribution is 0.0951. The van der Waals surface area contributed by atoms with Crippen LogP contribution in [0.25, 0.3) is 0 Å². The molecule has 2 rings (SSSR count). The largest absolute Gasteiger partial charge is 0.383 e. The number of nitrogen functional groups attached to an aromatic ring is 1. The van der Waals surface area contributed by atoms with E-state index in [4.69, 9.17) is 5.73 Å². The van der Waals surface area contributed by atoms with E-state index >= 15 is 0 Å². The van der Waals surface area contributed by atoms with Crippen molar-refractivity contribution in [2.24, 2.45) is 0 Å². The van der Waals surface area contributed by atoms with Gasteiger partial charge in [0, 0.05) is 18.3 Å². The Kier molecular flexibility index (Phi) is 3.94. The number of carbonyl (C=O) groups excluding carboxylic acids is 1. The Hall–Kier alpha value is -1.88. The van der Waals surface area contributed by atoms with Crippen LogP contribution in [0.15, 0.2) is 47.1 Å². The second-order valence-corrected chi connectivity index (χ2v) is 4.61. The maximum atomic E-state index is 11.8. The summed E-state index contributed by atoms with van der Waals surface area (Å²) in [6.07, 6.45) is 1.64. The number of pyridine rings is 1. The van der Waals surface area contributed by atoms with Gasteiger partial charge < -0.3 is 11.1 Å². The third kappa shape index (κ3) is 3.07. The van der Waals surface area contributed by atoms with Crippen molar-refractivity contribution in [3.8, 4) is 0 Å². The highest BCUT2D eigenvalue weighted by Gasteiger charge is 2.05. The average Bonchev–Trinajstić information content (AvgIpc) is 2.41. The van der Waals surface area contributed by atoms with E-state index in [-0.39, 0.29) is 5.91 Å². The van der Waals surface area contributed by atoms with Crippen molar-refractivity contribution in [3.63, 3.8) is 0 Å². The maximum Gasteiger partial charge on any atom is 0.251 e. The zero-order valence-electron chi connectivity index (χ0n) is 9.56. The van der Waals surface area contributed by atoms with Crippen LogP contribution in [0.3, 0.4) is 0 Å². The molecule has 0 unspecified atom stereocenters. The topological polar surface area (TPSA) is 68.0 Å². The van der Waals surface area contributed by atoms with Gasteiger partial charge in [-0.15, -0.1) is 0 Å². The Morgan fingerprint density at radius 2 is 2.06 bits per heavy atom. The van der Waals surface area contributed by atoms with Gasteiger partial charge in [0.05, 0.1) is 4.47 Å². The highest BCUT2D eigenvalue weighted by Crippen LogP contribution is 2.17. The number of hydrogen-bond donors (Lipinski definition) is 2. The van der Waals surface area contributed by atoms with Crippen LogP contribution < -0.4 is 11.1 Å². The first-order valence-corrected chi connectivity index (χ1v) is 6.19. The molecule has 1 aromatic heterocycles. The minimum atomic E-state index is -0.108. The summed E-state index contributed by atoms with van der Waals surface area (Å²) in [5.41, 5.74) is 7.12. The Bertz CT molecular complexity index is 557. The molecule has 0 saturated heterocycles. The van der Waals surface area contributed by atoms with Gasteiger partial charge in [-0.3, -0.25) is 4.79 Å². The highest BCUT2D eigenvalue weighted by molar-refractivity contribution is 9.10. The molecule has 0 aliphatic carbocycles. The van der Waals surface area contributed by atoms with Crippen LogP contribution in [0.2, 0.25) is 0 Å². The minimum absolute atomic E-state index is 0.108. The quantitative estimate of drug-likeness (QED) is 0.914. The zero-order chi connectivity index (χ0) is 13.0. The molecule has 0 aliphatic heterocycles. The number of anilines is 1. The molecule has 0 atom stereocenters. The number of halogens is 1. The number of nitrogens with two attached hydrogens (primary N) is 1. The predicted octanol–water partition coefficient (Wildman–Crippen LogP) is 2.36. The van der Waals surface area contributed by atoms with Crippen LogP contribution in [0, 0.1) is 0 Å². The molecular formula is C13H12BrN3O. The van der Waals surface area contributed by atoms with Crippen molar-refractivity contribution in [2.75, 3.05) is 5.73 Å². The van der Waals surface area contributed by atoms with E-state index in [2.05, 4.69) is 26.2 Å². The molecule has 1 heterocycles. The lowest BCUT2D eigenvalue weighted by Crippen LogP contribution is -2.22. The number of nitrogens with one attached hydrogen (secondary N) is 1. The average molecular weight is 306 g/mol. The van der Waals surface area contributed by atoms with E-state index in [0.29, 0.717) is 17.9 Å². The second kappa shape index (κ2) is 5.64. The van der Waals surface area contributed by atoms with Crippen LogP contribution in [-0.2, 0) is 6.54 Å². The standard InChI is InChI=1S/C13H12BrN3O/c14-11-6-9(7-16-12(11)15)8-17-13(18)10-4-2-1-3-5-10/h1-7H,8H2,(H2,15,16)(H,17,18). The van der Waals surface area contributed by atoms with Crippen molar-refractivity contribution in [3.05, 3.63) is 58.2 Å². The number of rotatable bonds is 3. The molecule has 0 saturated carbocycles. The number of hydrogen-bond acceptors (Lipinski definition) is 3. The Labute approximate surface area is 113 Å². The molecule has 18 heavy (non-hydrogen) atoms. The summed E-state index contributed by atoms with van der Waals surface area (Å²) < 4.78 is 0.731. The van der Waals surface area contributed by atoms with Crippen LogP contribution in [-0.4, -0.2) is 10.9 Å². The lowest BCUT2D eigenvalue weighted by Gasteiger charge is -2.06. The number of benzene rings is 1. The maximum absolute atomic E-state index is 11.8. The summed E-state index contributed by atoms with van der Waals surface area (Å²) in [5.74, 6) is 0.330. The lowest BCUT2D eigenvalue weighted by atomic mass is 10.2. The van der Waals surface area contributed by atoms with Gasteiger partial charge in [0.2, 0.25) is 0 Å². The Balaban J connectivity index is 1.99. The fraction of sp³-hybridized carbons (Fsp3) is 0.0769. The van der Waals surface area contributed by atoms with E-state index in [1.807, 2.05) is 24.3 Å². The van der Waals surface area contributed by atoms with Crippen molar-refractivity contribution < 1.29 is 4.79 Å². The molecule has 0 aliphatic rings. The van der Waals surface area contributed by atoms with E-state index in [1.54, 1.807) is 18.3 Å². The van der Waals surface area contributed by atoms with E-state index in [0.717, 1.165) is 10.0 Å². The van der Waals surface area contributed by atoms with Crippen LogP contribution >= 0.6 is 15.9 Å². The number of carbonyl (C=O) groups is 1. The smallest absolute Gasteiger partial charge is 0.251 e. The Morgan fingerprint density at radius 3 is 2.72 bits per heavy atom. The van der Waals surface area contributed by atoms with Crippen LogP contribution in [0.5, 0.6) is 0 Å². The van der Waals surface area contributed by atoms with E-state index < -0.39 is 0 Å². The van der Waals surface area contributed by atoms with E-state index in [9.17, 15) is 4.79 Å². The monoisotopic (exact) mass is 305 g/mol. The Morgan fingerprint density at radius 1 is 1.33 bits per heavy atom. The molecule has 0 fully saturated rings. The molecule has 1 amide bonds. The first-order valence-electron chi connectivity index (χ1n) is 5.40. The van der Waals surface area contributed by atoms with Gasteiger partial charge in [-0.25, -0.2) is 4.98 Å². The van der Waals surface area contributed by atoms with Gasteiger partial charge in [-0.05, 0) is 39.7 Å². The molecule has 1 aromatic carbocycles. The fourth-order valence-corrected chi connectivity index (χ4v) is 1.86. The second-order valence-electron chi connectivity index (χ2n) is 3.76. The van der Waals surface area contributed by atoms with Crippen molar-refractivity contribution >= 4 is 27.7 Å². The molecular weight excluding hydrogens is 294 g/mol. The molecule has 3 N–H and O–H groups in total. The van der Waals surface area contributed by atoms with Crippen molar-refractivity contribution in [1.29, 1.82) is 0 Å². The molecule has 92 valence electrons. The van der Waals surface area contributed by atoms with E-state index in [1.165, 1.54) is 0 Å². The van der Waals surface area contributed by atoms with Crippen molar-refractivity contribution in [2.45, 2.75) is 6.54 Å². The summed E-state index contributed by atoms with van der Waals surface area (Å²) in [7, 11) is 0.